The molecule has 0 fully saturated rings. The fraction of sp³-hybridized carbons (Fsp3) is 0.0833. The SMILES string of the molecule is CC(=O)c1cccc(Nc2ncnc(N(Cc3ccccc3)c3ccccn3)c2N)c1. The number of hydrogen-bond acceptors (Lipinski definition) is 7. The second-order valence-electron chi connectivity index (χ2n) is 6.98. The number of rotatable bonds is 7. The Morgan fingerprint density at radius 2 is 1.77 bits per heavy atom. The van der Waals surface area contributed by atoms with Gasteiger partial charge in [-0.3, -0.25) is 4.79 Å². The Balaban J connectivity index is 1.71. The van der Waals surface area contributed by atoms with Crippen LogP contribution in [0.15, 0.2) is 85.3 Å². The van der Waals surface area contributed by atoms with E-state index in [0.717, 1.165) is 17.1 Å². The highest BCUT2D eigenvalue weighted by Gasteiger charge is 2.18. The molecule has 4 rings (SSSR count). The Morgan fingerprint density at radius 1 is 0.968 bits per heavy atom. The predicted octanol–water partition coefficient (Wildman–Crippen LogP) is 4.74. The van der Waals surface area contributed by atoms with Crippen molar-refractivity contribution in [3.63, 3.8) is 0 Å². The average Bonchev–Trinajstić information content (AvgIpc) is 2.80. The number of Topliss-reactive ketones (excluding diaryl/α,β-unsaturated/α-hetero) is 1. The number of carbonyl (C=O) groups excluding carboxylic acids is 1. The van der Waals surface area contributed by atoms with E-state index in [4.69, 9.17) is 5.73 Å². The fourth-order valence-electron chi connectivity index (χ4n) is 3.20. The second kappa shape index (κ2) is 9.04. The Hall–Kier alpha value is -4.26. The number of hydrogen-bond donors (Lipinski definition) is 2. The molecule has 3 N–H and O–H groups in total. The topological polar surface area (TPSA) is 97.0 Å². The highest BCUT2D eigenvalue weighted by atomic mass is 16.1. The summed E-state index contributed by atoms with van der Waals surface area (Å²) < 4.78 is 0. The van der Waals surface area contributed by atoms with Crippen molar-refractivity contribution < 1.29 is 4.79 Å². The minimum Gasteiger partial charge on any atom is -0.393 e. The summed E-state index contributed by atoms with van der Waals surface area (Å²) in [6.07, 6.45) is 3.20. The van der Waals surface area contributed by atoms with Crippen molar-refractivity contribution >= 4 is 34.6 Å². The van der Waals surface area contributed by atoms with Gasteiger partial charge in [-0.2, -0.15) is 0 Å². The number of nitrogens with two attached hydrogens (primary N) is 1. The van der Waals surface area contributed by atoms with Gasteiger partial charge >= 0.3 is 0 Å². The molecule has 2 aromatic carbocycles. The summed E-state index contributed by atoms with van der Waals surface area (Å²) in [5.74, 6) is 1.72. The van der Waals surface area contributed by atoms with Crippen LogP contribution in [0.1, 0.15) is 22.8 Å². The van der Waals surface area contributed by atoms with E-state index in [1.807, 2.05) is 65.6 Å². The van der Waals surface area contributed by atoms with E-state index >= 15 is 0 Å². The molecule has 0 radical (unpaired) electrons. The third kappa shape index (κ3) is 4.67. The minimum absolute atomic E-state index is 0.0100. The summed E-state index contributed by atoms with van der Waals surface area (Å²) in [6.45, 7) is 2.07. The van der Waals surface area contributed by atoms with E-state index < -0.39 is 0 Å². The van der Waals surface area contributed by atoms with Gasteiger partial charge in [-0.15, -0.1) is 0 Å². The number of nitrogen functional groups attached to an aromatic ring is 1. The van der Waals surface area contributed by atoms with Crippen LogP contribution in [-0.2, 0) is 6.54 Å². The van der Waals surface area contributed by atoms with Gasteiger partial charge in [0.15, 0.2) is 17.4 Å². The summed E-state index contributed by atoms with van der Waals surface area (Å²) in [7, 11) is 0. The second-order valence-corrected chi connectivity index (χ2v) is 6.98. The molecule has 0 atom stereocenters. The van der Waals surface area contributed by atoms with Gasteiger partial charge in [-0.05, 0) is 36.8 Å². The molecule has 2 heterocycles. The van der Waals surface area contributed by atoms with Crippen molar-refractivity contribution in [2.24, 2.45) is 0 Å². The monoisotopic (exact) mass is 410 g/mol. The maximum Gasteiger partial charge on any atom is 0.163 e. The molecule has 7 nitrogen and oxygen atoms in total. The highest BCUT2D eigenvalue weighted by Crippen LogP contribution is 2.33. The molecular formula is C24H22N6O. The van der Waals surface area contributed by atoms with E-state index in [1.54, 1.807) is 18.3 Å². The Kier molecular flexibility index (Phi) is 5.84. The lowest BCUT2D eigenvalue weighted by atomic mass is 10.1. The average molecular weight is 410 g/mol. The predicted molar refractivity (Wildman–Crippen MR) is 123 cm³/mol. The van der Waals surface area contributed by atoms with E-state index in [2.05, 4.69) is 20.3 Å². The van der Waals surface area contributed by atoms with E-state index in [1.165, 1.54) is 13.3 Å². The zero-order valence-corrected chi connectivity index (χ0v) is 17.1. The molecule has 0 spiro atoms. The number of nitrogens with zero attached hydrogens (tertiary/aromatic N) is 4. The maximum atomic E-state index is 11.7. The number of carbonyl (C=O) groups is 1. The minimum atomic E-state index is -0.0100. The maximum absolute atomic E-state index is 11.7. The van der Waals surface area contributed by atoms with Crippen LogP contribution in [0.3, 0.4) is 0 Å². The van der Waals surface area contributed by atoms with Crippen LogP contribution < -0.4 is 16.0 Å². The lowest BCUT2D eigenvalue weighted by Gasteiger charge is -2.25. The number of nitrogens with one attached hydrogen (secondary N) is 1. The molecule has 0 unspecified atom stereocenters. The van der Waals surface area contributed by atoms with Crippen molar-refractivity contribution in [3.8, 4) is 0 Å². The lowest BCUT2D eigenvalue weighted by Crippen LogP contribution is -2.21. The van der Waals surface area contributed by atoms with Gasteiger partial charge in [0.25, 0.3) is 0 Å². The number of anilines is 5. The Morgan fingerprint density at radius 3 is 2.52 bits per heavy atom. The fourth-order valence-corrected chi connectivity index (χ4v) is 3.20. The van der Waals surface area contributed by atoms with Crippen molar-refractivity contribution in [1.29, 1.82) is 0 Å². The molecule has 0 saturated carbocycles. The third-order valence-electron chi connectivity index (χ3n) is 4.76. The zero-order chi connectivity index (χ0) is 21.6. The summed E-state index contributed by atoms with van der Waals surface area (Å²) in [4.78, 5) is 26.9. The standard InChI is InChI=1S/C24H22N6O/c1-17(31)19-10-7-11-20(14-19)29-23-22(25)24(28-16-27-23)30(21-12-5-6-13-26-21)15-18-8-3-2-4-9-18/h2-14,16H,15,25H2,1H3,(H,27,28,29). The van der Waals surface area contributed by atoms with Crippen LogP contribution in [0.4, 0.5) is 28.8 Å². The molecule has 0 saturated heterocycles. The molecule has 0 aliphatic rings. The van der Waals surface area contributed by atoms with Crippen molar-refractivity contribution in [2.75, 3.05) is 16.0 Å². The smallest absolute Gasteiger partial charge is 0.163 e. The molecular weight excluding hydrogens is 388 g/mol. The largest absolute Gasteiger partial charge is 0.393 e. The number of aromatic nitrogens is 3. The van der Waals surface area contributed by atoms with Crippen LogP contribution in [0.25, 0.3) is 0 Å². The Labute approximate surface area is 180 Å². The molecule has 0 bridgehead atoms. The molecule has 0 amide bonds. The van der Waals surface area contributed by atoms with E-state index in [9.17, 15) is 4.79 Å². The van der Waals surface area contributed by atoms with Gasteiger partial charge in [0, 0.05) is 17.4 Å². The highest BCUT2D eigenvalue weighted by molar-refractivity contribution is 5.95. The van der Waals surface area contributed by atoms with Gasteiger partial charge < -0.3 is 16.0 Å². The van der Waals surface area contributed by atoms with Crippen molar-refractivity contribution in [2.45, 2.75) is 13.5 Å². The first-order chi connectivity index (χ1) is 15.1. The normalized spacial score (nSPS) is 10.5. The van der Waals surface area contributed by atoms with Crippen molar-refractivity contribution in [1.82, 2.24) is 15.0 Å². The molecule has 0 aliphatic heterocycles. The third-order valence-corrected chi connectivity index (χ3v) is 4.76. The van der Waals surface area contributed by atoms with Gasteiger partial charge in [-0.25, -0.2) is 15.0 Å². The molecule has 154 valence electrons. The molecule has 7 heteroatoms. The summed E-state index contributed by atoms with van der Waals surface area (Å²) in [5.41, 5.74) is 9.30. The van der Waals surface area contributed by atoms with E-state index in [-0.39, 0.29) is 5.78 Å². The van der Waals surface area contributed by atoms with Gasteiger partial charge in [0.1, 0.15) is 17.8 Å². The van der Waals surface area contributed by atoms with Crippen LogP contribution in [0.2, 0.25) is 0 Å². The lowest BCUT2D eigenvalue weighted by molar-refractivity contribution is 0.101. The molecule has 31 heavy (non-hydrogen) atoms. The molecule has 0 aliphatic carbocycles. The summed E-state index contributed by atoms with van der Waals surface area (Å²) in [5, 5.41) is 3.20. The van der Waals surface area contributed by atoms with Gasteiger partial charge in [0.05, 0.1) is 6.54 Å². The van der Waals surface area contributed by atoms with Crippen LogP contribution in [-0.4, -0.2) is 20.7 Å². The quantitative estimate of drug-likeness (QED) is 0.425. The Bertz CT molecular complexity index is 1180. The zero-order valence-electron chi connectivity index (χ0n) is 17.1. The van der Waals surface area contributed by atoms with Crippen LogP contribution in [0, 0.1) is 0 Å². The van der Waals surface area contributed by atoms with Crippen molar-refractivity contribution in [3.05, 3.63) is 96.4 Å². The number of pyridine rings is 1. The number of benzene rings is 2. The number of ketones is 1. The van der Waals surface area contributed by atoms with Crippen LogP contribution >= 0.6 is 0 Å². The van der Waals surface area contributed by atoms with Crippen LogP contribution in [0.5, 0.6) is 0 Å². The first kappa shape index (κ1) is 20.0. The molecule has 4 aromatic rings. The molecule has 2 aromatic heterocycles. The van der Waals surface area contributed by atoms with Gasteiger partial charge in [-0.1, -0.05) is 48.5 Å². The first-order valence-electron chi connectivity index (χ1n) is 9.83. The summed E-state index contributed by atoms with van der Waals surface area (Å²) in [6, 6.07) is 22.9. The van der Waals surface area contributed by atoms with E-state index in [0.29, 0.717) is 29.4 Å². The first-order valence-corrected chi connectivity index (χ1v) is 9.83. The summed E-state index contributed by atoms with van der Waals surface area (Å²) >= 11 is 0. The van der Waals surface area contributed by atoms with Gasteiger partial charge in [0.2, 0.25) is 0 Å².